The second kappa shape index (κ2) is 6.99. The fraction of sp³-hybridized carbons (Fsp3) is 0.533. The van der Waals surface area contributed by atoms with Gasteiger partial charge in [-0.25, -0.2) is 9.37 Å². The van der Waals surface area contributed by atoms with Crippen LogP contribution in [0.15, 0.2) is 18.2 Å². The Kier molecular flexibility index (Phi) is 5.31. The summed E-state index contributed by atoms with van der Waals surface area (Å²) in [6.45, 7) is 6.44. The van der Waals surface area contributed by atoms with Crippen LogP contribution in [-0.4, -0.2) is 36.1 Å². The predicted molar refractivity (Wildman–Crippen MR) is 85.1 cm³/mol. The molecule has 1 aromatic carbocycles. The van der Waals surface area contributed by atoms with Crippen molar-refractivity contribution in [1.29, 1.82) is 0 Å². The fourth-order valence-electron chi connectivity index (χ4n) is 1.91. The van der Waals surface area contributed by atoms with Crippen molar-refractivity contribution in [1.82, 2.24) is 9.88 Å². The Morgan fingerprint density at radius 3 is 2.90 bits per heavy atom. The Balaban J connectivity index is 1.76. The molecule has 0 radical (unpaired) electrons. The first-order valence-electron chi connectivity index (χ1n) is 7.06. The molecular formula is C15H22FN3S. The molecule has 1 N–H and O–H groups in total. The summed E-state index contributed by atoms with van der Waals surface area (Å²) in [5.74, 6) is -0.204. The van der Waals surface area contributed by atoms with Gasteiger partial charge in [0.05, 0.1) is 10.2 Å². The summed E-state index contributed by atoms with van der Waals surface area (Å²) in [6, 6.07) is 5.31. The van der Waals surface area contributed by atoms with E-state index < -0.39 is 0 Å². The van der Waals surface area contributed by atoms with Crippen LogP contribution in [0.25, 0.3) is 10.2 Å². The van der Waals surface area contributed by atoms with Gasteiger partial charge in [-0.15, -0.1) is 0 Å². The van der Waals surface area contributed by atoms with Gasteiger partial charge in [0.1, 0.15) is 5.82 Å². The van der Waals surface area contributed by atoms with E-state index in [1.807, 2.05) is 0 Å². The molecule has 5 heteroatoms. The van der Waals surface area contributed by atoms with Gasteiger partial charge in [-0.05, 0) is 58.5 Å². The highest BCUT2D eigenvalue weighted by Gasteiger charge is 2.05. The summed E-state index contributed by atoms with van der Waals surface area (Å²) in [7, 11) is 2.15. The van der Waals surface area contributed by atoms with Crippen LogP contribution in [-0.2, 0) is 0 Å². The van der Waals surface area contributed by atoms with E-state index in [-0.39, 0.29) is 5.82 Å². The average molecular weight is 295 g/mol. The third-order valence-corrected chi connectivity index (χ3v) is 4.42. The molecule has 0 aliphatic heterocycles. The van der Waals surface area contributed by atoms with Gasteiger partial charge >= 0.3 is 0 Å². The molecule has 0 fully saturated rings. The topological polar surface area (TPSA) is 28.2 Å². The van der Waals surface area contributed by atoms with E-state index in [2.05, 4.69) is 36.1 Å². The zero-order valence-electron chi connectivity index (χ0n) is 12.3. The minimum atomic E-state index is -0.204. The quantitative estimate of drug-likeness (QED) is 0.783. The number of hydrogen-bond donors (Lipinski definition) is 1. The molecule has 0 atom stereocenters. The minimum absolute atomic E-state index is 0.204. The standard InChI is InChI=1S/C15H22FN3S/c1-11(2)19(3)9-5-4-8-17-15-18-13-7-6-12(16)10-14(13)20-15/h6-7,10-11H,4-5,8-9H2,1-3H3,(H,17,18). The Morgan fingerprint density at radius 1 is 1.35 bits per heavy atom. The number of halogens is 1. The largest absolute Gasteiger partial charge is 0.361 e. The van der Waals surface area contributed by atoms with Gasteiger partial charge < -0.3 is 10.2 Å². The molecule has 0 bridgehead atoms. The van der Waals surface area contributed by atoms with Gasteiger partial charge in [-0.2, -0.15) is 0 Å². The van der Waals surface area contributed by atoms with Crippen molar-refractivity contribution < 1.29 is 4.39 Å². The van der Waals surface area contributed by atoms with E-state index in [4.69, 9.17) is 0 Å². The summed E-state index contributed by atoms with van der Waals surface area (Å²) < 4.78 is 14.0. The molecule has 1 aromatic heterocycles. The molecule has 0 unspecified atom stereocenters. The van der Waals surface area contributed by atoms with Crippen molar-refractivity contribution in [2.75, 3.05) is 25.5 Å². The lowest BCUT2D eigenvalue weighted by molar-refractivity contribution is 0.269. The van der Waals surface area contributed by atoms with Gasteiger partial charge in [0.2, 0.25) is 0 Å². The molecule has 2 rings (SSSR count). The van der Waals surface area contributed by atoms with Crippen molar-refractivity contribution in [2.24, 2.45) is 0 Å². The van der Waals surface area contributed by atoms with Crippen molar-refractivity contribution in [3.05, 3.63) is 24.0 Å². The third kappa shape index (κ3) is 4.15. The molecule has 0 saturated carbocycles. The third-order valence-electron chi connectivity index (χ3n) is 3.45. The maximum atomic E-state index is 13.1. The normalized spacial score (nSPS) is 11.7. The highest BCUT2D eigenvalue weighted by molar-refractivity contribution is 7.22. The first-order valence-corrected chi connectivity index (χ1v) is 7.88. The number of fused-ring (bicyclic) bond motifs is 1. The summed E-state index contributed by atoms with van der Waals surface area (Å²) in [5.41, 5.74) is 0.860. The van der Waals surface area contributed by atoms with Crippen LogP contribution in [0.2, 0.25) is 0 Å². The lowest BCUT2D eigenvalue weighted by Gasteiger charge is -2.20. The molecule has 0 spiro atoms. The monoisotopic (exact) mass is 295 g/mol. The molecular weight excluding hydrogens is 273 g/mol. The van der Waals surface area contributed by atoms with Crippen molar-refractivity contribution in [3.8, 4) is 0 Å². The average Bonchev–Trinajstić information content (AvgIpc) is 2.79. The summed E-state index contributed by atoms with van der Waals surface area (Å²) in [4.78, 5) is 6.79. The van der Waals surface area contributed by atoms with Crippen molar-refractivity contribution in [3.63, 3.8) is 0 Å². The van der Waals surface area contributed by atoms with Crippen LogP contribution in [0, 0.1) is 5.82 Å². The Bertz CT molecular complexity index is 553. The van der Waals surface area contributed by atoms with E-state index in [0.29, 0.717) is 6.04 Å². The smallest absolute Gasteiger partial charge is 0.183 e. The first-order chi connectivity index (χ1) is 9.56. The number of thiazole rings is 1. The molecule has 0 saturated heterocycles. The molecule has 1 heterocycles. The number of nitrogens with zero attached hydrogens (tertiary/aromatic N) is 2. The van der Waals surface area contributed by atoms with Crippen LogP contribution < -0.4 is 5.32 Å². The van der Waals surface area contributed by atoms with Crippen LogP contribution in [0.3, 0.4) is 0 Å². The number of anilines is 1. The van der Waals surface area contributed by atoms with Crippen LogP contribution in [0.5, 0.6) is 0 Å². The SMILES string of the molecule is CC(C)N(C)CCCCNc1nc2ccc(F)cc2s1. The summed E-state index contributed by atoms with van der Waals surface area (Å²) >= 11 is 1.51. The lowest BCUT2D eigenvalue weighted by atomic mass is 10.2. The fourth-order valence-corrected chi connectivity index (χ4v) is 2.83. The summed E-state index contributed by atoms with van der Waals surface area (Å²) in [6.07, 6.45) is 2.28. The highest BCUT2D eigenvalue weighted by Crippen LogP contribution is 2.26. The van der Waals surface area contributed by atoms with Crippen LogP contribution >= 0.6 is 11.3 Å². The minimum Gasteiger partial charge on any atom is -0.361 e. The Hall–Kier alpha value is -1.20. The molecule has 0 aliphatic rings. The lowest BCUT2D eigenvalue weighted by Crippen LogP contribution is -2.27. The van der Waals surface area contributed by atoms with E-state index in [1.165, 1.54) is 29.9 Å². The van der Waals surface area contributed by atoms with Gasteiger partial charge in [0, 0.05) is 12.6 Å². The van der Waals surface area contributed by atoms with Crippen LogP contribution in [0.1, 0.15) is 26.7 Å². The predicted octanol–water partition coefficient (Wildman–Crippen LogP) is 3.97. The van der Waals surface area contributed by atoms with E-state index in [0.717, 1.165) is 34.9 Å². The zero-order chi connectivity index (χ0) is 14.5. The second-order valence-corrected chi connectivity index (χ2v) is 6.37. The first kappa shape index (κ1) is 15.2. The summed E-state index contributed by atoms with van der Waals surface area (Å²) in [5, 5.41) is 4.20. The zero-order valence-corrected chi connectivity index (χ0v) is 13.1. The number of hydrogen-bond acceptors (Lipinski definition) is 4. The number of aromatic nitrogens is 1. The van der Waals surface area contributed by atoms with Crippen molar-refractivity contribution >= 4 is 26.7 Å². The maximum Gasteiger partial charge on any atom is 0.183 e. The highest BCUT2D eigenvalue weighted by atomic mass is 32.1. The van der Waals surface area contributed by atoms with Gasteiger partial charge in [0.15, 0.2) is 5.13 Å². The van der Waals surface area contributed by atoms with Crippen molar-refractivity contribution in [2.45, 2.75) is 32.7 Å². The number of rotatable bonds is 7. The second-order valence-electron chi connectivity index (χ2n) is 5.34. The molecule has 3 nitrogen and oxygen atoms in total. The molecule has 0 aliphatic carbocycles. The number of benzene rings is 1. The molecule has 20 heavy (non-hydrogen) atoms. The van der Waals surface area contributed by atoms with E-state index in [9.17, 15) is 4.39 Å². The Labute approximate surface area is 123 Å². The Morgan fingerprint density at radius 2 is 2.15 bits per heavy atom. The van der Waals surface area contributed by atoms with Crippen LogP contribution in [0.4, 0.5) is 9.52 Å². The molecule has 0 amide bonds. The number of nitrogens with one attached hydrogen (secondary N) is 1. The van der Waals surface area contributed by atoms with Gasteiger partial charge in [-0.1, -0.05) is 11.3 Å². The van der Waals surface area contributed by atoms with E-state index >= 15 is 0 Å². The molecule has 2 aromatic rings. The maximum absolute atomic E-state index is 13.1. The van der Waals surface area contributed by atoms with Gasteiger partial charge in [0.25, 0.3) is 0 Å². The molecule has 110 valence electrons. The van der Waals surface area contributed by atoms with Gasteiger partial charge in [-0.3, -0.25) is 0 Å². The number of unbranched alkanes of at least 4 members (excludes halogenated alkanes) is 1. The van der Waals surface area contributed by atoms with E-state index in [1.54, 1.807) is 6.07 Å².